The average molecular weight is 366 g/mol. The molecule has 0 spiro atoms. The lowest BCUT2D eigenvalue weighted by atomic mass is 10.0. The molecule has 6 nitrogen and oxygen atoms in total. The molecule has 6 heteroatoms. The summed E-state index contributed by atoms with van der Waals surface area (Å²) in [4.78, 5) is 27.8. The van der Waals surface area contributed by atoms with Crippen LogP contribution in [0, 0.1) is 0 Å². The van der Waals surface area contributed by atoms with Gasteiger partial charge < -0.3 is 20.1 Å². The minimum Gasteiger partial charge on any atom is -0.508 e. The summed E-state index contributed by atoms with van der Waals surface area (Å²) in [5.74, 6) is -0.0822. The highest BCUT2D eigenvalue weighted by atomic mass is 16.5. The predicted molar refractivity (Wildman–Crippen MR) is 99.1 cm³/mol. The second-order valence-corrected chi connectivity index (χ2v) is 6.93. The Kier molecular flexibility index (Phi) is 4.81. The van der Waals surface area contributed by atoms with E-state index in [1.165, 1.54) is 0 Å². The van der Waals surface area contributed by atoms with Gasteiger partial charge in [0, 0.05) is 31.4 Å². The number of carbonyl (C=O) groups is 2. The molecular formula is C21H22N2O4. The fraction of sp³-hybridized carbons (Fsp3) is 0.333. The van der Waals surface area contributed by atoms with Gasteiger partial charge in [0.2, 0.25) is 5.91 Å². The first kappa shape index (κ1) is 17.5. The molecule has 2 aromatic carbocycles. The number of aromatic hydroxyl groups is 1. The van der Waals surface area contributed by atoms with Gasteiger partial charge in [-0.3, -0.25) is 9.59 Å². The van der Waals surface area contributed by atoms with E-state index in [1.54, 1.807) is 35.2 Å². The Balaban J connectivity index is 1.57. The van der Waals surface area contributed by atoms with Crippen molar-refractivity contribution in [3.05, 3.63) is 65.2 Å². The van der Waals surface area contributed by atoms with Crippen molar-refractivity contribution in [3.63, 3.8) is 0 Å². The summed E-state index contributed by atoms with van der Waals surface area (Å²) in [6.45, 7) is 1.55. The number of phenolic OH excluding ortho intramolecular Hbond substituents is 1. The van der Waals surface area contributed by atoms with Crippen molar-refractivity contribution in [1.29, 1.82) is 0 Å². The van der Waals surface area contributed by atoms with Crippen LogP contribution in [0.15, 0.2) is 48.5 Å². The maximum Gasteiger partial charge on any atom is 0.255 e. The number of ether oxygens (including phenoxy) is 1. The van der Waals surface area contributed by atoms with Crippen LogP contribution in [0.4, 0.5) is 0 Å². The van der Waals surface area contributed by atoms with E-state index in [2.05, 4.69) is 5.32 Å². The number of nitrogens with one attached hydrogen (secondary N) is 1. The number of nitrogens with zero attached hydrogens (tertiary/aromatic N) is 1. The zero-order valence-electron chi connectivity index (χ0n) is 14.9. The topological polar surface area (TPSA) is 78.9 Å². The van der Waals surface area contributed by atoms with Gasteiger partial charge in [-0.1, -0.05) is 30.3 Å². The van der Waals surface area contributed by atoms with Gasteiger partial charge in [-0.25, -0.2) is 0 Å². The van der Waals surface area contributed by atoms with Crippen LogP contribution in [0.25, 0.3) is 0 Å². The third kappa shape index (κ3) is 3.40. The number of hydrogen-bond acceptors (Lipinski definition) is 4. The van der Waals surface area contributed by atoms with Crippen molar-refractivity contribution in [1.82, 2.24) is 10.2 Å². The summed E-state index contributed by atoms with van der Waals surface area (Å²) in [6.07, 6.45) is 1.48. The summed E-state index contributed by atoms with van der Waals surface area (Å²) >= 11 is 0. The highest BCUT2D eigenvalue weighted by Gasteiger charge is 2.44. The number of hydrogen-bond donors (Lipinski definition) is 2. The van der Waals surface area contributed by atoms with Gasteiger partial charge in [-0.2, -0.15) is 0 Å². The van der Waals surface area contributed by atoms with Crippen LogP contribution >= 0.6 is 0 Å². The van der Waals surface area contributed by atoms with Gasteiger partial charge in [0.05, 0.1) is 0 Å². The van der Waals surface area contributed by atoms with Crippen molar-refractivity contribution < 1.29 is 19.4 Å². The normalized spacial score (nSPS) is 19.8. The van der Waals surface area contributed by atoms with Crippen LogP contribution in [0.5, 0.6) is 5.75 Å². The van der Waals surface area contributed by atoms with Crippen molar-refractivity contribution in [2.45, 2.75) is 31.5 Å². The Bertz CT molecular complexity index is 844. The molecule has 2 aliphatic heterocycles. The fourth-order valence-corrected chi connectivity index (χ4v) is 3.84. The molecule has 1 unspecified atom stereocenters. The minimum atomic E-state index is -0.617. The van der Waals surface area contributed by atoms with Crippen LogP contribution < -0.4 is 5.32 Å². The molecule has 0 aliphatic carbocycles. The first-order chi connectivity index (χ1) is 13.1. The Labute approximate surface area is 157 Å². The molecule has 0 bridgehead atoms. The van der Waals surface area contributed by atoms with Crippen LogP contribution in [-0.2, 0) is 16.1 Å². The van der Waals surface area contributed by atoms with Gasteiger partial charge >= 0.3 is 0 Å². The number of fused-ring (bicyclic) bond motifs is 1. The summed E-state index contributed by atoms with van der Waals surface area (Å²) in [5, 5.41) is 12.3. The van der Waals surface area contributed by atoms with Crippen molar-refractivity contribution in [2.75, 3.05) is 13.2 Å². The molecule has 1 atom stereocenters. The summed E-state index contributed by atoms with van der Waals surface area (Å²) < 4.78 is 5.42. The van der Waals surface area contributed by atoms with Gasteiger partial charge in [-0.15, -0.1) is 0 Å². The van der Waals surface area contributed by atoms with E-state index in [9.17, 15) is 14.7 Å². The number of amides is 2. The smallest absolute Gasteiger partial charge is 0.255 e. The molecule has 2 N–H and O–H groups in total. The summed E-state index contributed by atoms with van der Waals surface area (Å²) in [5.41, 5.74) is 2.25. The Morgan fingerprint density at radius 2 is 1.81 bits per heavy atom. The summed E-state index contributed by atoms with van der Waals surface area (Å²) in [7, 11) is 0. The molecule has 1 saturated heterocycles. The Morgan fingerprint density at radius 1 is 1.11 bits per heavy atom. The van der Waals surface area contributed by atoms with E-state index >= 15 is 0 Å². The van der Waals surface area contributed by atoms with E-state index in [1.807, 2.05) is 18.2 Å². The van der Waals surface area contributed by atoms with E-state index in [-0.39, 0.29) is 23.6 Å². The predicted octanol–water partition coefficient (Wildman–Crippen LogP) is 2.38. The molecule has 0 aromatic heterocycles. The molecule has 2 aliphatic rings. The van der Waals surface area contributed by atoms with E-state index in [4.69, 9.17) is 4.74 Å². The first-order valence-corrected chi connectivity index (χ1v) is 9.20. The maximum absolute atomic E-state index is 13.1. The molecular weight excluding hydrogens is 344 g/mol. The molecule has 0 saturated carbocycles. The molecule has 27 heavy (non-hydrogen) atoms. The average Bonchev–Trinajstić information content (AvgIpc) is 3.01. The molecule has 0 radical (unpaired) electrons. The third-order valence-corrected chi connectivity index (χ3v) is 5.23. The molecule has 2 amide bonds. The molecule has 140 valence electrons. The molecule has 4 rings (SSSR count). The number of rotatable bonds is 4. The lowest BCUT2D eigenvalue weighted by Crippen LogP contribution is -2.46. The van der Waals surface area contributed by atoms with Crippen LogP contribution in [0.3, 0.4) is 0 Å². The van der Waals surface area contributed by atoms with Crippen LogP contribution in [0.1, 0.15) is 40.4 Å². The fourth-order valence-electron chi connectivity index (χ4n) is 3.84. The molecule has 2 heterocycles. The Morgan fingerprint density at radius 3 is 2.56 bits per heavy atom. The lowest BCUT2D eigenvalue weighted by Gasteiger charge is -2.35. The van der Waals surface area contributed by atoms with Gasteiger partial charge in [0.1, 0.15) is 11.8 Å². The zero-order chi connectivity index (χ0) is 18.8. The van der Waals surface area contributed by atoms with Crippen LogP contribution in [0.2, 0.25) is 0 Å². The van der Waals surface area contributed by atoms with Crippen LogP contribution in [-0.4, -0.2) is 41.1 Å². The minimum absolute atomic E-state index is 0.00284. The van der Waals surface area contributed by atoms with Gasteiger partial charge in [0.25, 0.3) is 5.91 Å². The third-order valence-electron chi connectivity index (χ3n) is 5.23. The number of benzene rings is 2. The largest absolute Gasteiger partial charge is 0.508 e. The zero-order valence-corrected chi connectivity index (χ0v) is 14.9. The number of carbonyl (C=O) groups excluding carboxylic acids is 2. The first-order valence-electron chi connectivity index (χ1n) is 9.20. The molecule has 1 fully saturated rings. The summed E-state index contributed by atoms with van der Waals surface area (Å²) in [6, 6.07) is 13.4. The lowest BCUT2D eigenvalue weighted by molar-refractivity contribution is -0.127. The van der Waals surface area contributed by atoms with E-state index < -0.39 is 6.04 Å². The quantitative estimate of drug-likeness (QED) is 0.871. The van der Waals surface area contributed by atoms with Gasteiger partial charge in [0.15, 0.2) is 0 Å². The second-order valence-electron chi connectivity index (χ2n) is 6.93. The van der Waals surface area contributed by atoms with E-state index in [0.717, 1.165) is 24.0 Å². The number of phenols is 1. The van der Waals surface area contributed by atoms with Gasteiger partial charge in [-0.05, 0) is 42.2 Å². The highest BCUT2D eigenvalue weighted by molar-refractivity contribution is 6.04. The second kappa shape index (κ2) is 7.40. The van der Waals surface area contributed by atoms with E-state index in [0.29, 0.717) is 25.3 Å². The monoisotopic (exact) mass is 366 g/mol. The standard InChI is InChI=1S/C21H22N2O4/c24-16-7-5-14(6-8-16)13-22-20(25)19-17-3-1-2-4-18(17)21(26)23(19)15-9-11-27-12-10-15/h1-8,15,19,24H,9-13H2,(H,22,25). The highest BCUT2D eigenvalue weighted by Crippen LogP contribution is 2.37. The van der Waals surface area contributed by atoms with Crippen molar-refractivity contribution in [3.8, 4) is 5.75 Å². The molecule has 2 aromatic rings. The maximum atomic E-state index is 13.1. The Hall–Kier alpha value is -2.86. The SMILES string of the molecule is O=C(NCc1ccc(O)cc1)C1c2ccccc2C(=O)N1C1CCOCC1. The van der Waals surface area contributed by atoms with Crippen molar-refractivity contribution in [2.24, 2.45) is 0 Å². The van der Waals surface area contributed by atoms with Crippen molar-refractivity contribution >= 4 is 11.8 Å².